The molecule has 6 aliphatic heterocycles. The largest absolute Gasteiger partial charge is 0.462 e. The number of aliphatic hydroxyl groups excluding tert-OH is 3. The number of thioether (sulfide) groups is 2. The summed E-state index contributed by atoms with van der Waals surface area (Å²) in [6.45, 7) is 15.8. The third kappa shape index (κ3) is 22.6. The van der Waals surface area contributed by atoms with Gasteiger partial charge >= 0.3 is 5.97 Å². The summed E-state index contributed by atoms with van der Waals surface area (Å²) in [6, 6.07) is 23.0. The maximum atomic E-state index is 15.7. The molecule has 0 spiro atoms. The number of rotatable bonds is 29. The molecule has 6 saturated heterocycles. The minimum atomic E-state index is -1.55. The molecular weight excluding hydrogens is 1920 g/mol. The van der Waals surface area contributed by atoms with Crippen LogP contribution >= 0.6 is 93.9 Å². The first-order valence-corrected chi connectivity index (χ1v) is 45.8. The van der Waals surface area contributed by atoms with E-state index in [4.69, 9.17) is 67.8 Å². The molecule has 8 amide bonds. The Balaban J connectivity index is 0.000000220. The maximum Gasteiger partial charge on any atom is 0.330 e. The zero-order valence-electron chi connectivity index (χ0n) is 73.0. The Hall–Kier alpha value is -10.9. The summed E-state index contributed by atoms with van der Waals surface area (Å²) in [5.74, 6) is -7.97. The van der Waals surface area contributed by atoms with E-state index in [0.29, 0.717) is 78.4 Å². The normalized spacial score (nSPS) is 20.2. The van der Waals surface area contributed by atoms with Gasteiger partial charge in [0.05, 0.1) is 50.9 Å². The number of esters is 1. The second-order valence-corrected chi connectivity index (χ2v) is 39.3. The van der Waals surface area contributed by atoms with Crippen molar-refractivity contribution in [1.29, 1.82) is 0 Å². The van der Waals surface area contributed by atoms with Gasteiger partial charge in [0.2, 0.25) is 39.7 Å². The molecule has 6 fully saturated rings. The van der Waals surface area contributed by atoms with E-state index in [0.717, 1.165) is 44.4 Å². The van der Waals surface area contributed by atoms with Crippen molar-refractivity contribution in [2.24, 2.45) is 0 Å². The Kier molecular flexibility index (Phi) is 33.9. The van der Waals surface area contributed by atoms with Crippen molar-refractivity contribution in [2.75, 3.05) is 89.5 Å². The Labute approximate surface area is 805 Å². The summed E-state index contributed by atoms with van der Waals surface area (Å²) in [5, 5.41) is 65.6. The zero-order chi connectivity index (χ0) is 96.8. The number of nitro benzene ring substituents is 2. The van der Waals surface area contributed by atoms with Gasteiger partial charge < -0.3 is 90.5 Å². The number of alkyl halides is 4. The minimum absolute atomic E-state index is 0. The second kappa shape index (κ2) is 43.9. The zero-order valence-corrected chi connectivity index (χ0v) is 79.3. The number of aliphatic hydroxyl groups is 3. The molecular formula is C88H96Cl6F2N16O20S2. The van der Waals surface area contributed by atoms with Gasteiger partial charge in [0.1, 0.15) is 88.6 Å². The summed E-state index contributed by atoms with van der Waals surface area (Å²) in [6.07, 6.45) is 0.0133. The molecule has 134 heavy (non-hydrogen) atoms. The van der Waals surface area contributed by atoms with Crippen molar-refractivity contribution >= 4 is 197 Å². The summed E-state index contributed by atoms with van der Waals surface area (Å²) in [4.78, 5) is 189. The number of non-ortho nitro benzene ring substituents is 2. The van der Waals surface area contributed by atoms with Crippen LogP contribution in [0.15, 0.2) is 155 Å². The first kappa shape index (κ1) is 104. The number of amides is 8. The van der Waals surface area contributed by atoms with Gasteiger partial charge in [0.25, 0.3) is 35.0 Å². The number of fused-ring (bicyclic) bond motifs is 4. The van der Waals surface area contributed by atoms with Crippen LogP contribution in [0.1, 0.15) is 109 Å². The summed E-state index contributed by atoms with van der Waals surface area (Å²) in [7, 11) is 4.00. The Bertz CT molecular complexity index is 5930. The van der Waals surface area contributed by atoms with Gasteiger partial charge in [-0.1, -0.05) is 107 Å². The number of nitrogens with zero attached hydrogens (tertiary/aromatic N) is 10. The number of carbonyl (C=O) groups is 10. The van der Waals surface area contributed by atoms with Crippen molar-refractivity contribution in [3.63, 3.8) is 0 Å². The number of β-lactam (4-membered cyclic amide) rings is 2. The third-order valence-electron chi connectivity index (χ3n) is 23.7. The lowest BCUT2D eigenvalue weighted by Crippen LogP contribution is -2.71. The van der Waals surface area contributed by atoms with Crippen LogP contribution in [0.2, 0.25) is 0 Å². The number of aromatic nitrogens is 2. The number of aryl methyl sites for hydroxylation is 2. The molecule has 12 unspecified atom stereocenters. The van der Waals surface area contributed by atoms with E-state index in [1.807, 2.05) is 51.6 Å². The molecule has 14 rings (SSSR count). The Morgan fingerprint density at radius 1 is 0.522 bits per heavy atom. The molecule has 6 aliphatic rings. The average molecular weight is 2010 g/mol. The van der Waals surface area contributed by atoms with Gasteiger partial charge in [-0.05, 0) is 138 Å². The monoisotopic (exact) mass is 2010 g/mol. The number of nitrogens with one attached hydrogen (secondary N) is 6. The summed E-state index contributed by atoms with van der Waals surface area (Å²) in [5.41, 5.74) is 0.564. The van der Waals surface area contributed by atoms with Crippen molar-refractivity contribution < 1.29 is 86.6 Å². The van der Waals surface area contributed by atoms with Crippen molar-refractivity contribution in [3.05, 3.63) is 232 Å². The SMILES string of the molecule is CCn1cc(C(=O)NC(C(=O)NC2C(=O)N3C2SC(C)(C)C3C(=O)Cl)c2ccccc2)c(=O)c2cc(F)c(N3CCN(C)CC3)cc21.CCn1cc(C(=O)NC(C(=O)NC2C(=O)N3C2SC(C)(C)C3C(=O)OCC(NC(=O)C(Cl)Cl)C(O)c2ccc([N+](=O)[O-])cc2)c2ccccc2)c(=O)c2cc(F)c(N3CCN(C)CC3)cc21.Cl.O=C(NC(CO)C(O)c1ccc([N+](=O)[O-])cc1)C(Cl)Cl. The number of likely N-dealkylation sites (N-methyl/N-ethyl adjacent to an activating group) is 2. The van der Waals surface area contributed by atoms with Gasteiger partial charge in [-0.2, -0.15) is 0 Å². The lowest BCUT2D eigenvalue weighted by atomic mass is 9.95. The number of pyridine rings is 2. The number of ether oxygens (including phenoxy) is 1. The number of anilines is 2. The number of halogens is 8. The molecule has 0 bridgehead atoms. The second-order valence-electron chi connectivity index (χ2n) is 33.2. The number of benzene rings is 6. The average Bonchev–Trinajstić information content (AvgIpc) is 1.56. The van der Waals surface area contributed by atoms with Crippen LogP contribution in [0, 0.1) is 31.9 Å². The highest BCUT2D eigenvalue weighted by Crippen LogP contribution is 2.53. The highest BCUT2D eigenvalue weighted by molar-refractivity contribution is 8.02. The highest BCUT2D eigenvalue weighted by atomic mass is 35.5. The fourth-order valence-electron chi connectivity index (χ4n) is 16.5. The van der Waals surface area contributed by atoms with E-state index in [1.165, 1.54) is 88.2 Å². The van der Waals surface area contributed by atoms with Crippen molar-refractivity contribution in [1.82, 2.24) is 60.6 Å². The lowest BCUT2D eigenvalue weighted by Gasteiger charge is -2.44. The van der Waals surface area contributed by atoms with Crippen LogP contribution < -0.4 is 52.6 Å². The summed E-state index contributed by atoms with van der Waals surface area (Å²) < 4.78 is 38.5. The van der Waals surface area contributed by atoms with Crippen molar-refractivity contribution in [2.45, 2.75) is 145 Å². The molecule has 6 aromatic carbocycles. The summed E-state index contributed by atoms with van der Waals surface area (Å²) >= 11 is 30.6. The number of piperazine rings is 2. The number of hydrogen-bond acceptors (Lipinski definition) is 26. The fraction of sp³-hybridized carbons (Fsp3) is 0.409. The highest BCUT2D eigenvalue weighted by Gasteiger charge is 2.66. The van der Waals surface area contributed by atoms with E-state index >= 15 is 8.78 Å². The van der Waals surface area contributed by atoms with Gasteiger partial charge in [-0.15, -0.1) is 35.9 Å². The molecule has 12 atom stereocenters. The standard InChI is InChI=1S/C44H47Cl2FN8O10S.C33H36ClFN6O5S.C11H12Cl2N2O5.ClH/c1-5-52-21-27(35(57)26-19-28(47)31(20-30(26)52)53-17-15-51(4)16-18-53)38(58)49-32(23-9-7-6-8-10-23)39(59)50-33-41(61)54-36(44(2,3)66-42(33)54)43(62)65-22-29(48-40(60)37(45)46)34(56)24-11-13-25(14-12-24)55(63)64;1-5-39-17-20(26(42)19-15-21(35)23(16-22(19)39)40-13-11-38(4)12-14-40)29(44)36-24(18-9-7-6-8-10-18)30(45)37-25-31(46)41-27(28(34)43)33(2,3)47-32(25)41;12-10(13)11(18)14-8(5-16)9(17)6-1-3-7(4-2-6)15(19)20;/h6-14,19-21,29,32-34,36-37,42,56H,5,15-18,22H2,1-4H3,(H,48,60)(H,49,58)(H,50,59);6-10,15-17,24-25,27,32H,5,11-14H2,1-4H3,(H,36,44)(H,37,45);1-4,8-10,16-17H,5H2,(H,14,18);1H. The molecule has 8 aromatic rings. The Morgan fingerprint density at radius 3 is 1.23 bits per heavy atom. The third-order valence-corrected chi connectivity index (χ3v) is 27.9. The van der Waals surface area contributed by atoms with Crippen LogP contribution in [0.3, 0.4) is 0 Å². The van der Waals surface area contributed by atoms with Gasteiger partial charge in [0, 0.05) is 122 Å². The van der Waals surface area contributed by atoms with E-state index in [1.54, 1.807) is 95.8 Å². The molecule has 2 aromatic heterocycles. The van der Waals surface area contributed by atoms with Crippen LogP contribution in [0.5, 0.6) is 0 Å². The van der Waals surface area contributed by atoms with E-state index in [2.05, 4.69) is 41.7 Å². The molecule has 8 heterocycles. The molecule has 716 valence electrons. The van der Waals surface area contributed by atoms with Gasteiger partial charge in [-0.25, -0.2) is 13.6 Å². The Morgan fingerprint density at radius 2 is 0.881 bits per heavy atom. The first-order valence-electron chi connectivity index (χ1n) is 41.9. The predicted octanol–water partition coefficient (Wildman–Crippen LogP) is 7.43. The number of carbonyl (C=O) groups excluding carboxylic acids is 10. The van der Waals surface area contributed by atoms with Gasteiger partial charge in [-0.3, -0.25) is 73.0 Å². The van der Waals surface area contributed by atoms with Crippen molar-refractivity contribution in [3.8, 4) is 0 Å². The van der Waals surface area contributed by atoms with Gasteiger partial charge in [0.15, 0.2) is 9.67 Å². The molecule has 0 aliphatic carbocycles. The molecule has 0 radical (unpaired) electrons. The van der Waals surface area contributed by atoms with Crippen LogP contribution in [-0.4, -0.2) is 258 Å². The lowest BCUT2D eigenvalue weighted by molar-refractivity contribution is -0.385. The smallest absolute Gasteiger partial charge is 0.330 e. The van der Waals surface area contributed by atoms with E-state index in [-0.39, 0.29) is 51.2 Å². The van der Waals surface area contributed by atoms with Crippen LogP contribution in [0.25, 0.3) is 21.8 Å². The van der Waals surface area contributed by atoms with E-state index in [9.17, 15) is 88.0 Å². The van der Waals surface area contributed by atoms with Crippen LogP contribution in [-0.2, 0) is 56.2 Å². The topological polar surface area (TPSA) is 463 Å². The molecule has 46 heteroatoms. The quantitative estimate of drug-likeness (QED) is 0.00549. The fourth-order valence-corrected chi connectivity index (χ4v) is 20.4. The van der Waals surface area contributed by atoms with Crippen LogP contribution in [0.4, 0.5) is 31.5 Å². The number of nitro groups is 2. The molecule has 9 N–H and O–H groups in total. The molecule has 0 saturated carbocycles. The van der Waals surface area contributed by atoms with E-state index < -0.39 is 194 Å². The predicted molar refractivity (Wildman–Crippen MR) is 504 cm³/mol. The number of hydrogen-bond donors (Lipinski definition) is 9. The molecule has 36 nitrogen and oxygen atoms in total. The first-order chi connectivity index (χ1) is 63.0. The maximum absolute atomic E-state index is 15.7. The minimum Gasteiger partial charge on any atom is -0.462 e.